The number of nitrogens with one attached hydrogen (secondary N) is 1. The first-order valence-corrected chi connectivity index (χ1v) is 6.89. The van der Waals surface area contributed by atoms with Crippen LogP contribution in [0.25, 0.3) is 0 Å². The molecule has 0 aromatic heterocycles. The topological polar surface area (TPSA) is 75.6 Å². The highest BCUT2D eigenvalue weighted by molar-refractivity contribution is 5.80. The average Bonchev–Trinajstić information content (AvgIpc) is 3.03. The SMILES string of the molecule is C#CCCC[C@@H]1CC1OC(=O)N[C@H](C(=O)O)C(C)(C)C. The number of hydrogen-bond donors (Lipinski definition) is 2. The molecule has 0 heterocycles. The summed E-state index contributed by atoms with van der Waals surface area (Å²) in [5, 5.41) is 11.5. The Labute approximate surface area is 120 Å². The van der Waals surface area contributed by atoms with Gasteiger partial charge in [-0.15, -0.1) is 12.3 Å². The third-order valence-corrected chi connectivity index (χ3v) is 3.39. The Kier molecular flexibility index (Phi) is 5.43. The number of carboxylic acids is 1. The molecule has 1 aliphatic rings. The number of hydrogen-bond acceptors (Lipinski definition) is 3. The Morgan fingerprint density at radius 3 is 2.65 bits per heavy atom. The van der Waals surface area contributed by atoms with E-state index in [1.807, 2.05) is 0 Å². The zero-order valence-electron chi connectivity index (χ0n) is 12.3. The number of rotatable bonds is 6. The number of carbonyl (C=O) groups excluding carboxylic acids is 1. The lowest BCUT2D eigenvalue weighted by molar-refractivity contribution is -0.142. The number of alkyl carbamates (subject to hydrolysis) is 1. The van der Waals surface area contributed by atoms with Crippen molar-refractivity contribution in [3.8, 4) is 12.3 Å². The van der Waals surface area contributed by atoms with E-state index in [9.17, 15) is 9.59 Å². The molecule has 1 unspecified atom stereocenters. The Morgan fingerprint density at radius 1 is 1.50 bits per heavy atom. The van der Waals surface area contributed by atoms with E-state index in [2.05, 4.69) is 11.2 Å². The minimum absolute atomic E-state index is 0.0952. The summed E-state index contributed by atoms with van der Waals surface area (Å²) in [4.78, 5) is 22.8. The van der Waals surface area contributed by atoms with E-state index in [-0.39, 0.29) is 6.10 Å². The van der Waals surface area contributed by atoms with Crippen LogP contribution < -0.4 is 5.32 Å². The number of carboxylic acid groups (broad SMARTS) is 1. The average molecular weight is 281 g/mol. The van der Waals surface area contributed by atoms with E-state index < -0.39 is 23.5 Å². The quantitative estimate of drug-likeness (QED) is 0.579. The molecular formula is C15H23NO4. The molecule has 0 aromatic rings. The molecule has 0 saturated heterocycles. The summed E-state index contributed by atoms with van der Waals surface area (Å²) in [6.45, 7) is 5.27. The Balaban J connectivity index is 2.34. The second kappa shape index (κ2) is 6.65. The van der Waals surface area contributed by atoms with Crippen LogP contribution in [0.5, 0.6) is 0 Å². The van der Waals surface area contributed by atoms with E-state index in [4.69, 9.17) is 16.3 Å². The number of amides is 1. The lowest BCUT2D eigenvalue weighted by Gasteiger charge is -2.27. The van der Waals surface area contributed by atoms with Crippen LogP contribution in [-0.4, -0.2) is 29.3 Å². The molecule has 0 bridgehead atoms. The van der Waals surface area contributed by atoms with Gasteiger partial charge in [-0.05, 0) is 30.6 Å². The molecule has 2 N–H and O–H groups in total. The summed E-state index contributed by atoms with van der Waals surface area (Å²) in [5.74, 6) is 1.88. The van der Waals surface area contributed by atoms with Gasteiger partial charge in [0, 0.05) is 6.42 Å². The zero-order valence-corrected chi connectivity index (χ0v) is 12.3. The van der Waals surface area contributed by atoms with Gasteiger partial charge in [0.1, 0.15) is 12.1 Å². The fourth-order valence-corrected chi connectivity index (χ4v) is 2.07. The monoisotopic (exact) mass is 281 g/mol. The van der Waals surface area contributed by atoms with Crippen LogP contribution in [0.3, 0.4) is 0 Å². The molecule has 5 nitrogen and oxygen atoms in total. The first-order valence-electron chi connectivity index (χ1n) is 6.89. The van der Waals surface area contributed by atoms with Gasteiger partial charge in [-0.3, -0.25) is 0 Å². The molecule has 1 amide bonds. The highest BCUT2D eigenvalue weighted by atomic mass is 16.6. The minimum atomic E-state index is -1.06. The van der Waals surface area contributed by atoms with E-state index >= 15 is 0 Å². The van der Waals surface area contributed by atoms with Crippen LogP contribution >= 0.6 is 0 Å². The number of unbranched alkanes of at least 4 members (excludes halogenated alkanes) is 1. The van der Waals surface area contributed by atoms with Crippen molar-refractivity contribution in [2.45, 2.75) is 58.6 Å². The molecule has 0 radical (unpaired) electrons. The number of terminal acetylenes is 1. The maximum Gasteiger partial charge on any atom is 0.408 e. The van der Waals surface area contributed by atoms with Crippen LogP contribution in [0.1, 0.15) is 46.5 Å². The fourth-order valence-electron chi connectivity index (χ4n) is 2.07. The van der Waals surface area contributed by atoms with Gasteiger partial charge in [0.2, 0.25) is 0 Å². The van der Waals surface area contributed by atoms with Crippen LogP contribution in [0, 0.1) is 23.7 Å². The van der Waals surface area contributed by atoms with Gasteiger partial charge < -0.3 is 15.2 Å². The van der Waals surface area contributed by atoms with Crippen molar-refractivity contribution in [2.24, 2.45) is 11.3 Å². The van der Waals surface area contributed by atoms with Crippen molar-refractivity contribution in [1.82, 2.24) is 5.32 Å². The molecule has 0 aliphatic heterocycles. The zero-order chi connectivity index (χ0) is 15.3. The largest absolute Gasteiger partial charge is 0.480 e. The number of aliphatic carboxylic acids is 1. The van der Waals surface area contributed by atoms with Gasteiger partial charge in [-0.25, -0.2) is 9.59 Å². The van der Waals surface area contributed by atoms with Crippen molar-refractivity contribution in [2.75, 3.05) is 0 Å². The van der Waals surface area contributed by atoms with Crippen molar-refractivity contribution in [1.29, 1.82) is 0 Å². The van der Waals surface area contributed by atoms with Crippen LogP contribution in [0.2, 0.25) is 0 Å². The molecule has 1 fully saturated rings. The highest BCUT2D eigenvalue weighted by Crippen LogP contribution is 2.38. The summed E-state index contributed by atoms with van der Waals surface area (Å²) in [6.07, 6.45) is 7.88. The Bertz CT molecular complexity index is 405. The molecule has 5 heteroatoms. The first kappa shape index (κ1) is 16.4. The molecule has 1 saturated carbocycles. The summed E-state index contributed by atoms with van der Waals surface area (Å²) in [5.41, 5.74) is -0.569. The van der Waals surface area contributed by atoms with E-state index in [0.717, 1.165) is 25.7 Å². The third-order valence-electron chi connectivity index (χ3n) is 3.39. The van der Waals surface area contributed by atoms with Gasteiger partial charge in [0.15, 0.2) is 0 Å². The van der Waals surface area contributed by atoms with Gasteiger partial charge in [-0.1, -0.05) is 20.8 Å². The van der Waals surface area contributed by atoms with Crippen molar-refractivity contribution in [3.63, 3.8) is 0 Å². The Morgan fingerprint density at radius 2 is 2.15 bits per heavy atom. The molecule has 0 aromatic carbocycles. The molecule has 1 rings (SSSR count). The predicted molar refractivity (Wildman–Crippen MR) is 75.1 cm³/mol. The van der Waals surface area contributed by atoms with Crippen LogP contribution in [0.4, 0.5) is 4.79 Å². The number of ether oxygens (including phenoxy) is 1. The summed E-state index contributed by atoms with van der Waals surface area (Å²) in [7, 11) is 0. The predicted octanol–water partition coefficient (Wildman–Crippen LogP) is 2.40. The van der Waals surface area contributed by atoms with Gasteiger partial charge >= 0.3 is 12.1 Å². The maximum absolute atomic E-state index is 11.7. The molecule has 1 aliphatic carbocycles. The fraction of sp³-hybridized carbons (Fsp3) is 0.733. The maximum atomic E-state index is 11.7. The van der Waals surface area contributed by atoms with Crippen LogP contribution in [-0.2, 0) is 9.53 Å². The smallest absolute Gasteiger partial charge is 0.408 e. The summed E-state index contributed by atoms with van der Waals surface area (Å²) < 4.78 is 5.22. The van der Waals surface area contributed by atoms with Crippen LogP contribution in [0.15, 0.2) is 0 Å². The Hall–Kier alpha value is -1.70. The second-order valence-corrected chi connectivity index (χ2v) is 6.32. The molecular weight excluding hydrogens is 258 g/mol. The first-order chi connectivity index (χ1) is 9.25. The summed E-state index contributed by atoms with van der Waals surface area (Å²) >= 11 is 0. The molecule has 112 valence electrons. The van der Waals surface area contributed by atoms with Gasteiger partial charge in [-0.2, -0.15) is 0 Å². The van der Waals surface area contributed by atoms with Crippen molar-refractivity contribution in [3.05, 3.63) is 0 Å². The highest BCUT2D eigenvalue weighted by Gasteiger charge is 2.41. The van der Waals surface area contributed by atoms with E-state index in [1.165, 1.54) is 0 Å². The van der Waals surface area contributed by atoms with Crippen molar-refractivity contribution >= 4 is 12.1 Å². The molecule has 20 heavy (non-hydrogen) atoms. The normalized spacial score (nSPS) is 22.5. The lowest BCUT2D eigenvalue weighted by Crippen LogP contribution is -2.49. The lowest BCUT2D eigenvalue weighted by atomic mass is 9.87. The van der Waals surface area contributed by atoms with Crippen molar-refractivity contribution < 1.29 is 19.4 Å². The molecule has 0 spiro atoms. The third kappa shape index (κ3) is 5.12. The summed E-state index contributed by atoms with van der Waals surface area (Å²) in [6, 6.07) is -0.964. The minimum Gasteiger partial charge on any atom is -0.480 e. The standard InChI is InChI=1S/C15H23NO4/c1-5-6-7-8-10-9-11(10)20-14(19)16-12(13(17)18)15(2,3)4/h1,10-12H,6-9H2,2-4H3,(H,16,19)(H,17,18)/t10-,11?,12-/m1/s1. The number of carbonyl (C=O) groups is 2. The van der Waals surface area contributed by atoms with Gasteiger partial charge in [0.05, 0.1) is 0 Å². The second-order valence-electron chi connectivity index (χ2n) is 6.32. The van der Waals surface area contributed by atoms with E-state index in [0.29, 0.717) is 5.92 Å². The molecule has 3 atom stereocenters. The van der Waals surface area contributed by atoms with Gasteiger partial charge in [0.25, 0.3) is 0 Å². The van der Waals surface area contributed by atoms with E-state index in [1.54, 1.807) is 20.8 Å².